The van der Waals surface area contributed by atoms with Gasteiger partial charge < -0.3 is 15.2 Å². The molecule has 0 radical (unpaired) electrons. The molecule has 10 nitrogen and oxygen atoms in total. The molecule has 0 fully saturated rings. The Bertz CT molecular complexity index is 1310. The Morgan fingerprint density at radius 2 is 1.91 bits per heavy atom. The van der Waals surface area contributed by atoms with Gasteiger partial charge in [0.1, 0.15) is 5.69 Å². The van der Waals surface area contributed by atoms with Crippen molar-refractivity contribution in [2.75, 3.05) is 5.32 Å². The lowest BCUT2D eigenvalue weighted by Gasteiger charge is -2.07. The molecule has 1 aromatic carbocycles. The Labute approximate surface area is 192 Å². The van der Waals surface area contributed by atoms with E-state index in [1.54, 1.807) is 49.4 Å². The maximum Gasteiger partial charge on any atom is 0.277 e. The molecule has 0 atom stereocenters. The minimum Gasteiger partial charge on any atom is -0.355 e. The molecule has 0 saturated heterocycles. The van der Waals surface area contributed by atoms with Crippen LogP contribution in [0.4, 0.5) is 5.69 Å². The number of anilines is 1. The van der Waals surface area contributed by atoms with Crippen LogP contribution in [0.2, 0.25) is 10.0 Å². The van der Waals surface area contributed by atoms with Crippen LogP contribution in [0.15, 0.2) is 47.4 Å². The summed E-state index contributed by atoms with van der Waals surface area (Å²) >= 11 is 12.1. The fourth-order valence-electron chi connectivity index (χ4n) is 3.01. The van der Waals surface area contributed by atoms with E-state index in [1.165, 1.54) is 16.9 Å². The molecule has 3 heterocycles. The topological polar surface area (TPSA) is 120 Å². The second kappa shape index (κ2) is 8.85. The Morgan fingerprint density at radius 3 is 2.62 bits per heavy atom. The van der Waals surface area contributed by atoms with E-state index in [4.69, 9.17) is 27.7 Å². The van der Waals surface area contributed by atoms with Crippen molar-refractivity contribution in [3.05, 3.63) is 69.9 Å². The third-order valence-corrected chi connectivity index (χ3v) is 5.10. The summed E-state index contributed by atoms with van der Waals surface area (Å²) in [6.07, 6.45) is 4.83. The standard InChI is InChI=1S/C20H17Cl2N7O3/c1-28-10-11(8-24-28)7-23-20(31)18-16(9-25-29(18)2)26-19(30)15-6-17(32-27-15)13-4-3-12(21)5-14(13)22/h3-6,8-10H,7H2,1-2H3,(H,23,31)(H,26,30). The number of rotatable bonds is 6. The van der Waals surface area contributed by atoms with Crippen LogP contribution in [0.1, 0.15) is 26.5 Å². The molecule has 4 aromatic rings. The number of aryl methyl sites for hydroxylation is 2. The first-order valence-corrected chi connectivity index (χ1v) is 10.1. The molecule has 4 rings (SSSR count). The van der Waals surface area contributed by atoms with Crippen LogP contribution in [0.5, 0.6) is 0 Å². The van der Waals surface area contributed by atoms with E-state index in [0.717, 1.165) is 5.56 Å². The van der Waals surface area contributed by atoms with Gasteiger partial charge >= 0.3 is 0 Å². The van der Waals surface area contributed by atoms with Crippen molar-refractivity contribution < 1.29 is 14.1 Å². The summed E-state index contributed by atoms with van der Waals surface area (Å²) in [5, 5.41) is 18.2. The Balaban J connectivity index is 1.48. The summed E-state index contributed by atoms with van der Waals surface area (Å²) in [7, 11) is 3.39. The van der Waals surface area contributed by atoms with Crippen molar-refractivity contribution in [1.82, 2.24) is 30.0 Å². The molecular formula is C20H17Cl2N7O3. The van der Waals surface area contributed by atoms with Gasteiger partial charge in [-0.3, -0.25) is 19.0 Å². The summed E-state index contributed by atoms with van der Waals surface area (Å²) in [5.41, 5.74) is 1.81. The van der Waals surface area contributed by atoms with Crippen LogP contribution in [-0.2, 0) is 20.6 Å². The number of carbonyl (C=O) groups excluding carboxylic acids is 2. The first-order chi connectivity index (χ1) is 15.3. The van der Waals surface area contributed by atoms with E-state index in [-0.39, 0.29) is 23.6 Å². The van der Waals surface area contributed by atoms with Crippen molar-refractivity contribution in [1.29, 1.82) is 0 Å². The zero-order valence-electron chi connectivity index (χ0n) is 17.0. The molecule has 0 unspecified atom stereocenters. The van der Waals surface area contributed by atoms with Crippen molar-refractivity contribution in [3.8, 4) is 11.3 Å². The van der Waals surface area contributed by atoms with Crippen LogP contribution in [0, 0.1) is 0 Å². The smallest absolute Gasteiger partial charge is 0.277 e. The molecule has 3 aromatic heterocycles. The van der Waals surface area contributed by atoms with E-state index in [9.17, 15) is 9.59 Å². The maximum absolute atomic E-state index is 12.7. The van der Waals surface area contributed by atoms with Gasteiger partial charge in [0, 0.05) is 49.1 Å². The third kappa shape index (κ3) is 4.51. The molecule has 2 amide bonds. The molecule has 0 bridgehead atoms. The normalized spacial score (nSPS) is 10.9. The predicted octanol–water partition coefficient (Wildman–Crippen LogP) is 3.30. The maximum atomic E-state index is 12.7. The lowest BCUT2D eigenvalue weighted by atomic mass is 10.1. The first kappa shape index (κ1) is 21.6. The predicted molar refractivity (Wildman–Crippen MR) is 117 cm³/mol. The summed E-state index contributed by atoms with van der Waals surface area (Å²) in [6.45, 7) is 0.278. The number of hydrogen-bond acceptors (Lipinski definition) is 6. The van der Waals surface area contributed by atoms with Gasteiger partial charge in [-0.1, -0.05) is 28.4 Å². The fraction of sp³-hybridized carbons (Fsp3) is 0.150. The molecule has 0 aliphatic heterocycles. The summed E-state index contributed by atoms with van der Waals surface area (Å²) in [4.78, 5) is 25.4. The number of amides is 2. The van der Waals surface area contributed by atoms with E-state index in [2.05, 4.69) is 26.0 Å². The van der Waals surface area contributed by atoms with Crippen LogP contribution in [0.3, 0.4) is 0 Å². The van der Waals surface area contributed by atoms with Gasteiger partial charge in [0.25, 0.3) is 11.8 Å². The number of hydrogen-bond donors (Lipinski definition) is 2. The van der Waals surface area contributed by atoms with Gasteiger partial charge in [0.05, 0.1) is 23.1 Å². The number of nitrogens with zero attached hydrogens (tertiary/aromatic N) is 5. The average Bonchev–Trinajstić information content (AvgIpc) is 3.47. The SMILES string of the molecule is Cn1cc(CNC(=O)c2c(NC(=O)c3cc(-c4ccc(Cl)cc4Cl)on3)cnn2C)cn1. The lowest BCUT2D eigenvalue weighted by Crippen LogP contribution is -2.26. The van der Waals surface area contributed by atoms with E-state index in [0.29, 0.717) is 21.4 Å². The number of nitrogens with one attached hydrogen (secondary N) is 2. The van der Waals surface area contributed by atoms with Crippen molar-refractivity contribution in [2.45, 2.75) is 6.54 Å². The van der Waals surface area contributed by atoms with Gasteiger partial charge in [-0.05, 0) is 18.2 Å². The summed E-state index contributed by atoms with van der Waals surface area (Å²) < 4.78 is 8.27. The molecular weight excluding hydrogens is 457 g/mol. The third-order valence-electron chi connectivity index (χ3n) is 4.55. The van der Waals surface area contributed by atoms with Crippen molar-refractivity contribution in [2.24, 2.45) is 14.1 Å². The molecule has 164 valence electrons. The second-order valence-electron chi connectivity index (χ2n) is 6.89. The highest BCUT2D eigenvalue weighted by atomic mass is 35.5. The quantitative estimate of drug-likeness (QED) is 0.443. The largest absolute Gasteiger partial charge is 0.355 e. The number of halogens is 2. The average molecular weight is 474 g/mol. The fourth-order valence-corrected chi connectivity index (χ4v) is 3.51. The van der Waals surface area contributed by atoms with Crippen molar-refractivity contribution in [3.63, 3.8) is 0 Å². The highest BCUT2D eigenvalue weighted by Crippen LogP contribution is 2.31. The van der Waals surface area contributed by atoms with Gasteiger partial charge in [-0.25, -0.2) is 0 Å². The van der Waals surface area contributed by atoms with E-state index >= 15 is 0 Å². The molecule has 0 saturated carbocycles. The summed E-state index contributed by atoms with van der Waals surface area (Å²) in [6, 6.07) is 6.32. The van der Waals surface area contributed by atoms with Gasteiger partial charge in [-0.15, -0.1) is 0 Å². The Morgan fingerprint density at radius 1 is 1.09 bits per heavy atom. The monoisotopic (exact) mass is 473 g/mol. The highest BCUT2D eigenvalue weighted by molar-refractivity contribution is 6.36. The Kier molecular flexibility index (Phi) is 5.97. The number of benzene rings is 1. The van der Waals surface area contributed by atoms with Crippen LogP contribution >= 0.6 is 23.2 Å². The van der Waals surface area contributed by atoms with Crippen LogP contribution in [-0.4, -0.2) is 36.5 Å². The molecule has 0 aliphatic carbocycles. The van der Waals surface area contributed by atoms with Gasteiger partial charge in [0.2, 0.25) is 0 Å². The van der Waals surface area contributed by atoms with Crippen molar-refractivity contribution >= 4 is 40.7 Å². The van der Waals surface area contributed by atoms with Crippen LogP contribution in [0.25, 0.3) is 11.3 Å². The molecule has 0 spiro atoms. The van der Waals surface area contributed by atoms with Gasteiger partial charge in [-0.2, -0.15) is 10.2 Å². The zero-order valence-corrected chi connectivity index (χ0v) is 18.5. The summed E-state index contributed by atoms with van der Waals surface area (Å²) in [5.74, 6) is -0.672. The molecule has 2 N–H and O–H groups in total. The first-order valence-electron chi connectivity index (χ1n) is 9.33. The molecule has 32 heavy (non-hydrogen) atoms. The highest BCUT2D eigenvalue weighted by Gasteiger charge is 2.21. The number of aromatic nitrogens is 5. The Hall–Kier alpha value is -3.63. The zero-order chi connectivity index (χ0) is 22.8. The lowest BCUT2D eigenvalue weighted by molar-refractivity contribution is 0.0942. The number of carbonyl (C=O) groups is 2. The molecule has 0 aliphatic rings. The van der Waals surface area contributed by atoms with E-state index < -0.39 is 11.8 Å². The van der Waals surface area contributed by atoms with Crippen LogP contribution < -0.4 is 10.6 Å². The minimum absolute atomic E-state index is 0.0107. The second-order valence-corrected chi connectivity index (χ2v) is 7.73. The minimum atomic E-state index is -0.570. The van der Waals surface area contributed by atoms with E-state index in [1.807, 2.05) is 0 Å². The molecule has 12 heteroatoms. The van der Waals surface area contributed by atoms with Gasteiger partial charge in [0.15, 0.2) is 11.5 Å².